The zero-order chi connectivity index (χ0) is 23.3. The molecule has 2 N–H and O–H groups in total. The first kappa shape index (κ1) is 23.5. The van der Waals surface area contributed by atoms with Crippen LogP contribution in [0.4, 0.5) is 5.69 Å². The number of hydrogen-bond donors (Lipinski definition) is 2. The Morgan fingerprint density at radius 2 is 1.81 bits per heavy atom. The minimum atomic E-state index is -0.326. The number of carbonyl (C=O) groups excluding carboxylic acids is 2. The highest BCUT2D eigenvalue weighted by Crippen LogP contribution is 2.22. The standard InChI is InChI=1S/C24H29N5O2S/c1-6-29-22(18(5)25-23(31)19-10-8-7-9-16(19)3)27-28-24(29)32-14-21(30)26-20-13-15(2)11-12-17(20)4/h7-13,18H,6,14H2,1-5H3,(H,25,31)(H,26,30)/t18-/m1/s1. The number of rotatable bonds is 8. The highest BCUT2D eigenvalue weighted by Gasteiger charge is 2.20. The Bertz CT molecular complexity index is 1130. The number of hydrogen-bond acceptors (Lipinski definition) is 5. The van der Waals surface area contributed by atoms with Crippen molar-refractivity contribution < 1.29 is 9.59 Å². The summed E-state index contributed by atoms with van der Waals surface area (Å²) in [6, 6.07) is 13.1. The monoisotopic (exact) mass is 451 g/mol. The maximum absolute atomic E-state index is 12.7. The minimum Gasteiger partial charge on any atom is -0.342 e. The summed E-state index contributed by atoms with van der Waals surface area (Å²) < 4.78 is 1.93. The number of carbonyl (C=O) groups is 2. The van der Waals surface area contributed by atoms with Crippen LogP contribution in [0.1, 0.15) is 52.8 Å². The van der Waals surface area contributed by atoms with Gasteiger partial charge in [0.15, 0.2) is 11.0 Å². The molecule has 3 rings (SSSR count). The molecule has 168 valence electrons. The van der Waals surface area contributed by atoms with E-state index in [0.29, 0.717) is 23.1 Å². The molecule has 1 atom stereocenters. The van der Waals surface area contributed by atoms with Crippen LogP contribution in [0, 0.1) is 20.8 Å². The maximum Gasteiger partial charge on any atom is 0.252 e. The van der Waals surface area contributed by atoms with Crippen LogP contribution < -0.4 is 10.6 Å². The summed E-state index contributed by atoms with van der Waals surface area (Å²) in [5, 5.41) is 15.2. The Hall–Kier alpha value is -3.13. The van der Waals surface area contributed by atoms with Crippen molar-refractivity contribution in [3.05, 3.63) is 70.5 Å². The quantitative estimate of drug-likeness (QED) is 0.494. The van der Waals surface area contributed by atoms with Crippen molar-refractivity contribution in [2.24, 2.45) is 0 Å². The molecule has 1 heterocycles. The van der Waals surface area contributed by atoms with Gasteiger partial charge in [0.1, 0.15) is 0 Å². The van der Waals surface area contributed by atoms with Crippen molar-refractivity contribution in [3.8, 4) is 0 Å². The second-order valence-corrected chi connectivity index (χ2v) is 8.69. The van der Waals surface area contributed by atoms with Gasteiger partial charge in [0.2, 0.25) is 5.91 Å². The third kappa shape index (κ3) is 5.56. The van der Waals surface area contributed by atoms with Gasteiger partial charge in [-0.2, -0.15) is 0 Å². The van der Waals surface area contributed by atoms with Crippen LogP contribution in [0.15, 0.2) is 47.6 Å². The molecule has 0 saturated heterocycles. The van der Waals surface area contributed by atoms with E-state index in [-0.39, 0.29) is 23.6 Å². The zero-order valence-corrected chi connectivity index (χ0v) is 19.9. The van der Waals surface area contributed by atoms with Gasteiger partial charge < -0.3 is 15.2 Å². The van der Waals surface area contributed by atoms with Crippen molar-refractivity contribution in [2.45, 2.75) is 52.4 Å². The van der Waals surface area contributed by atoms with Gasteiger partial charge in [0, 0.05) is 17.8 Å². The molecule has 0 fully saturated rings. The van der Waals surface area contributed by atoms with Crippen molar-refractivity contribution in [1.82, 2.24) is 20.1 Å². The first-order chi connectivity index (χ1) is 15.3. The molecular weight excluding hydrogens is 422 g/mol. The van der Waals surface area contributed by atoms with Crippen LogP contribution in [0.25, 0.3) is 0 Å². The second kappa shape index (κ2) is 10.5. The summed E-state index contributed by atoms with van der Waals surface area (Å²) in [6.45, 7) is 10.4. The fraction of sp³-hybridized carbons (Fsp3) is 0.333. The van der Waals surface area contributed by atoms with E-state index in [0.717, 1.165) is 22.4 Å². The molecule has 0 spiro atoms. The van der Waals surface area contributed by atoms with Crippen molar-refractivity contribution >= 4 is 29.3 Å². The summed E-state index contributed by atoms with van der Waals surface area (Å²) in [5.74, 6) is 0.627. The number of nitrogens with one attached hydrogen (secondary N) is 2. The molecule has 2 aromatic carbocycles. The van der Waals surface area contributed by atoms with E-state index >= 15 is 0 Å². The molecule has 32 heavy (non-hydrogen) atoms. The average molecular weight is 452 g/mol. The fourth-order valence-electron chi connectivity index (χ4n) is 3.38. The molecule has 0 aliphatic carbocycles. The Kier molecular flexibility index (Phi) is 7.69. The van der Waals surface area contributed by atoms with E-state index in [1.54, 1.807) is 6.07 Å². The molecule has 8 heteroatoms. The molecule has 2 amide bonds. The lowest BCUT2D eigenvalue weighted by molar-refractivity contribution is -0.113. The fourth-order valence-corrected chi connectivity index (χ4v) is 4.19. The summed E-state index contributed by atoms with van der Waals surface area (Å²) in [6.07, 6.45) is 0. The zero-order valence-electron chi connectivity index (χ0n) is 19.1. The Balaban J connectivity index is 1.65. The molecule has 0 aliphatic rings. The molecule has 0 radical (unpaired) electrons. The van der Waals surface area contributed by atoms with Crippen molar-refractivity contribution in [2.75, 3.05) is 11.1 Å². The number of nitrogens with zero attached hydrogens (tertiary/aromatic N) is 3. The molecule has 7 nitrogen and oxygen atoms in total. The van der Waals surface area contributed by atoms with Crippen LogP contribution in [0.5, 0.6) is 0 Å². The Morgan fingerprint density at radius 3 is 2.53 bits per heavy atom. The van der Waals surface area contributed by atoms with E-state index in [9.17, 15) is 9.59 Å². The van der Waals surface area contributed by atoms with Gasteiger partial charge in [0.05, 0.1) is 11.8 Å². The summed E-state index contributed by atoms with van der Waals surface area (Å²) in [7, 11) is 0. The molecule has 0 saturated carbocycles. The van der Waals surface area contributed by atoms with E-state index in [1.807, 2.05) is 75.6 Å². The molecule has 3 aromatic rings. The van der Waals surface area contributed by atoms with Gasteiger partial charge in [-0.15, -0.1) is 10.2 Å². The molecule has 0 bridgehead atoms. The lowest BCUT2D eigenvalue weighted by Gasteiger charge is -2.16. The number of benzene rings is 2. The Morgan fingerprint density at radius 1 is 1.06 bits per heavy atom. The highest BCUT2D eigenvalue weighted by molar-refractivity contribution is 7.99. The van der Waals surface area contributed by atoms with Gasteiger partial charge in [-0.1, -0.05) is 42.1 Å². The SMILES string of the molecule is CCn1c(SCC(=O)Nc2cc(C)ccc2C)nnc1[C@@H](C)NC(=O)c1ccccc1C. The lowest BCUT2D eigenvalue weighted by atomic mass is 10.1. The summed E-state index contributed by atoms with van der Waals surface area (Å²) in [5.41, 5.74) is 4.49. The van der Waals surface area contributed by atoms with Crippen molar-refractivity contribution in [1.29, 1.82) is 0 Å². The van der Waals surface area contributed by atoms with E-state index in [4.69, 9.17) is 0 Å². The van der Waals surface area contributed by atoms with Gasteiger partial charge >= 0.3 is 0 Å². The molecular formula is C24H29N5O2S. The largest absolute Gasteiger partial charge is 0.342 e. The van der Waals surface area contributed by atoms with E-state index < -0.39 is 0 Å². The molecule has 0 aliphatic heterocycles. The van der Waals surface area contributed by atoms with Crippen molar-refractivity contribution in [3.63, 3.8) is 0 Å². The topological polar surface area (TPSA) is 88.9 Å². The lowest BCUT2D eigenvalue weighted by Crippen LogP contribution is -2.29. The number of aromatic nitrogens is 3. The van der Waals surface area contributed by atoms with Crippen LogP contribution in [-0.2, 0) is 11.3 Å². The maximum atomic E-state index is 12.7. The molecule has 0 unspecified atom stereocenters. The van der Waals surface area contributed by atoms with Gasteiger partial charge in [-0.3, -0.25) is 9.59 Å². The van der Waals surface area contributed by atoms with Gasteiger partial charge in [0.25, 0.3) is 5.91 Å². The predicted octanol–water partition coefficient (Wildman–Crippen LogP) is 4.45. The second-order valence-electron chi connectivity index (χ2n) is 7.75. The van der Waals surface area contributed by atoms with Crippen LogP contribution >= 0.6 is 11.8 Å². The third-order valence-corrected chi connectivity index (χ3v) is 6.15. The first-order valence-electron chi connectivity index (χ1n) is 10.6. The van der Waals surface area contributed by atoms with Crippen LogP contribution in [0.3, 0.4) is 0 Å². The van der Waals surface area contributed by atoms with E-state index in [1.165, 1.54) is 11.8 Å². The summed E-state index contributed by atoms with van der Waals surface area (Å²) in [4.78, 5) is 25.1. The number of anilines is 1. The first-order valence-corrected chi connectivity index (χ1v) is 11.6. The average Bonchev–Trinajstić information content (AvgIpc) is 3.18. The number of aryl methyl sites for hydroxylation is 3. The number of thioether (sulfide) groups is 1. The van der Waals surface area contributed by atoms with Gasteiger partial charge in [-0.25, -0.2) is 0 Å². The predicted molar refractivity (Wildman–Crippen MR) is 128 cm³/mol. The van der Waals surface area contributed by atoms with E-state index in [2.05, 4.69) is 20.8 Å². The minimum absolute atomic E-state index is 0.100. The Labute approximate surface area is 193 Å². The number of amides is 2. The normalized spacial score (nSPS) is 11.8. The smallest absolute Gasteiger partial charge is 0.252 e. The summed E-state index contributed by atoms with van der Waals surface area (Å²) >= 11 is 1.33. The highest BCUT2D eigenvalue weighted by atomic mass is 32.2. The molecule has 1 aromatic heterocycles. The van der Waals surface area contributed by atoms with Crippen LogP contribution in [0.2, 0.25) is 0 Å². The third-order valence-electron chi connectivity index (χ3n) is 5.19. The van der Waals surface area contributed by atoms with Gasteiger partial charge in [-0.05, 0) is 63.4 Å². The van der Waals surface area contributed by atoms with Crippen LogP contribution in [-0.4, -0.2) is 32.3 Å².